The molecule has 1 aromatic carbocycles. The van der Waals surface area contributed by atoms with Crippen molar-refractivity contribution in [2.75, 3.05) is 5.32 Å². The van der Waals surface area contributed by atoms with Gasteiger partial charge in [-0.3, -0.25) is 4.79 Å². The van der Waals surface area contributed by atoms with Gasteiger partial charge in [0.15, 0.2) is 0 Å². The summed E-state index contributed by atoms with van der Waals surface area (Å²) >= 11 is 11.7. The summed E-state index contributed by atoms with van der Waals surface area (Å²) in [4.78, 5) is 11.9. The Balaban J connectivity index is 1.92. The maximum absolute atomic E-state index is 11.9. The molecule has 0 unspecified atom stereocenters. The van der Waals surface area contributed by atoms with Crippen molar-refractivity contribution in [3.8, 4) is 0 Å². The standard InChI is InChI=1S/C13H16Cl2N2O/c14-10-5-4-9(7-11(10)15)17-13(18)6-8-2-1-3-12(8)16/h4-5,7-8,12H,1-3,6,16H2,(H,17,18)/t8-,12+/m0/s1. The van der Waals surface area contributed by atoms with Crippen LogP contribution in [0, 0.1) is 5.92 Å². The van der Waals surface area contributed by atoms with Crippen LogP contribution in [0.1, 0.15) is 25.7 Å². The highest BCUT2D eigenvalue weighted by Gasteiger charge is 2.25. The summed E-state index contributed by atoms with van der Waals surface area (Å²) in [6.07, 6.45) is 3.65. The molecule has 2 rings (SSSR count). The summed E-state index contributed by atoms with van der Waals surface area (Å²) in [5, 5.41) is 3.74. The number of halogens is 2. The number of amides is 1. The zero-order valence-corrected chi connectivity index (χ0v) is 11.5. The van der Waals surface area contributed by atoms with Crippen LogP contribution >= 0.6 is 23.2 Å². The van der Waals surface area contributed by atoms with E-state index in [0.717, 1.165) is 19.3 Å². The summed E-state index contributed by atoms with van der Waals surface area (Å²) in [7, 11) is 0. The maximum Gasteiger partial charge on any atom is 0.224 e. The highest BCUT2D eigenvalue weighted by molar-refractivity contribution is 6.42. The van der Waals surface area contributed by atoms with Crippen LogP contribution in [0.25, 0.3) is 0 Å². The van der Waals surface area contributed by atoms with Gasteiger partial charge in [-0.15, -0.1) is 0 Å². The molecule has 0 saturated heterocycles. The molecule has 1 aromatic rings. The quantitative estimate of drug-likeness (QED) is 0.894. The Morgan fingerprint density at radius 1 is 1.33 bits per heavy atom. The van der Waals surface area contributed by atoms with E-state index in [1.165, 1.54) is 0 Å². The molecule has 1 aliphatic carbocycles. The SMILES string of the molecule is N[C@@H]1CCC[C@H]1CC(=O)Nc1ccc(Cl)c(Cl)c1. The summed E-state index contributed by atoms with van der Waals surface area (Å²) < 4.78 is 0. The lowest BCUT2D eigenvalue weighted by Crippen LogP contribution is -2.28. The van der Waals surface area contributed by atoms with Gasteiger partial charge >= 0.3 is 0 Å². The molecular weight excluding hydrogens is 271 g/mol. The molecule has 0 radical (unpaired) electrons. The molecule has 0 bridgehead atoms. The molecule has 1 saturated carbocycles. The van der Waals surface area contributed by atoms with E-state index in [1.54, 1.807) is 18.2 Å². The average molecular weight is 287 g/mol. The first-order valence-corrected chi connectivity index (χ1v) is 6.82. The molecule has 1 amide bonds. The van der Waals surface area contributed by atoms with E-state index in [0.29, 0.717) is 28.1 Å². The van der Waals surface area contributed by atoms with Gasteiger partial charge in [0.2, 0.25) is 5.91 Å². The molecule has 3 N–H and O–H groups in total. The normalized spacial score (nSPS) is 23.1. The largest absolute Gasteiger partial charge is 0.327 e. The number of hydrogen-bond acceptors (Lipinski definition) is 2. The van der Waals surface area contributed by atoms with Gasteiger partial charge in [0.05, 0.1) is 10.0 Å². The molecule has 1 aliphatic rings. The molecule has 0 aromatic heterocycles. The number of anilines is 1. The summed E-state index contributed by atoms with van der Waals surface area (Å²) in [5.41, 5.74) is 6.61. The number of benzene rings is 1. The number of nitrogens with one attached hydrogen (secondary N) is 1. The van der Waals surface area contributed by atoms with Crippen molar-refractivity contribution in [1.82, 2.24) is 0 Å². The third-order valence-electron chi connectivity index (χ3n) is 3.37. The van der Waals surface area contributed by atoms with Crippen molar-refractivity contribution in [1.29, 1.82) is 0 Å². The van der Waals surface area contributed by atoms with Gasteiger partial charge < -0.3 is 11.1 Å². The number of carbonyl (C=O) groups excluding carboxylic acids is 1. The Labute approximate surface area is 117 Å². The van der Waals surface area contributed by atoms with Crippen LogP contribution in [0.15, 0.2) is 18.2 Å². The first-order chi connectivity index (χ1) is 8.56. The fraction of sp³-hybridized carbons (Fsp3) is 0.462. The van der Waals surface area contributed by atoms with Crippen molar-refractivity contribution in [2.24, 2.45) is 11.7 Å². The minimum Gasteiger partial charge on any atom is -0.327 e. The van der Waals surface area contributed by atoms with Crippen LogP contribution in [-0.2, 0) is 4.79 Å². The Kier molecular flexibility index (Phi) is 4.49. The summed E-state index contributed by atoms with van der Waals surface area (Å²) in [5.74, 6) is 0.281. The van der Waals surface area contributed by atoms with Gasteiger partial charge in [0.25, 0.3) is 0 Å². The van der Waals surface area contributed by atoms with E-state index in [9.17, 15) is 4.79 Å². The second kappa shape index (κ2) is 5.91. The third-order valence-corrected chi connectivity index (χ3v) is 4.11. The number of nitrogens with two attached hydrogens (primary N) is 1. The van der Waals surface area contributed by atoms with E-state index < -0.39 is 0 Å². The zero-order chi connectivity index (χ0) is 13.1. The van der Waals surface area contributed by atoms with Crippen LogP contribution < -0.4 is 11.1 Å². The van der Waals surface area contributed by atoms with Crippen LogP contribution in [-0.4, -0.2) is 11.9 Å². The van der Waals surface area contributed by atoms with Crippen LogP contribution in [0.2, 0.25) is 10.0 Å². The predicted molar refractivity (Wildman–Crippen MR) is 75.0 cm³/mol. The molecule has 3 nitrogen and oxygen atoms in total. The molecule has 2 atom stereocenters. The lowest BCUT2D eigenvalue weighted by Gasteiger charge is -2.14. The first-order valence-electron chi connectivity index (χ1n) is 6.07. The van der Waals surface area contributed by atoms with E-state index in [2.05, 4.69) is 5.32 Å². The van der Waals surface area contributed by atoms with E-state index in [1.807, 2.05) is 0 Å². The number of hydrogen-bond donors (Lipinski definition) is 2. The van der Waals surface area contributed by atoms with Gasteiger partial charge in [-0.05, 0) is 37.0 Å². The monoisotopic (exact) mass is 286 g/mol. The van der Waals surface area contributed by atoms with Gasteiger partial charge in [-0.1, -0.05) is 29.6 Å². The minimum atomic E-state index is -0.0178. The Morgan fingerprint density at radius 2 is 2.11 bits per heavy atom. The Morgan fingerprint density at radius 3 is 2.72 bits per heavy atom. The second-order valence-corrected chi connectivity index (χ2v) is 5.55. The highest BCUT2D eigenvalue weighted by Crippen LogP contribution is 2.28. The van der Waals surface area contributed by atoms with E-state index in [-0.39, 0.29) is 11.9 Å². The van der Waals surface area contributed by atoms with Crippen molar-refractivity contribution < 1.29 is 4.79 Å². The zero-order valence-electron chi connectivity index (χ0n) is 9.96. The Hall–Kier alpha value is -0.770. The van der Waals surface area contributed by atoms with Crippen LogP contribution in [0.4, 0.5) is 5.69 Å². The summed E-state index contributed by atoms with van der Waals surface area (Å²) in [6, 6.07) is 5.21. The first kappa shape index (κ1) is 13.7. The van der Waals surface area contributed by atoms with Crippen LogP contribution in [0.5, 0.6) is 0 Å². The maximum atomic E-state index is 11.9. The lowest BCUT2D eigenvalue weighted by atomic mass is 10.00. The fourth-order valence-corrected chi connectivity index (χ4v) is 2.64. The second-order valence-electron chi connectivity index (χ2n) is 4.74. The van der Waals surface area contributed by atoms with Crippen molar-refractivity contribution >= 4 is 34.8 Å². The number of rotatable bonds is 3. The molecule has 18 heavy (non-hydrogen) atoms. The van der Waals surface area contributed by atoms with Crippen LogP contribution in [0.3, 0.4) is 0 Å². The van der Waals surface area contributed by atoms with Gasteiger partial charge in [-0.2, -0.15) is 0 Å². The van der Waals surface area contributed by atoms with Crippen molar-refractivity contribution in [2.45, 2.75) is 31.7 Å². The average Bonchev–Trinajstić information content (AvgIpc) is 2.70. The van der Waals surface area contributed by atoms with Crippen molar-refractivity contribution in [3.63, 3.8) is 0 Å². The molecule has 0 spiro atoms. The Bertz CT molecular complexity index is 451. The predicted octanol–water partition coefficient (Wildman–Crippen LogP) is 3.45. The van der Waals surface area contributed by atoms with Gasteiger partial charge in [0, 0.05) is 18.2 Å². The van der Waals surface area contributed by atoms with Crippen molar-refractivity contribution in [3.05, 3.63) is 28.2 Å². The fourth-order valence-electron chi connectivity index (χ4n) is 2.34. The van der Waals surface area contributed by atoms with E-state index >= 15 is 0 Å². The molecule has 0 heterocycles. The van der Waals surface area contributed by atoms with E-state index in [4.69, 9.17) is 28.9 Å². The highest BCUT2D eigenvalue weighted by atomic mass is 35.5. The molecule has 0 aliphatic heterocycles. The topological polar surface area (TPSA) is 55.1 Å². The lowest BCUT2D eigenvalue weighted by molar-refractivity contribution is -0.117. The third kappa shape index (κ3) is 3.37. The summed E-state index contributed by atoms with van der Waals surface area (Å²) in [6.45, 7) is 0. The molecule has 98 valence electrons. The number of carbonyl (C=O) groups is 1. The van der Waals surface area contributed by atoms with Gasteiger partial charge in [0.1, 0.15) is 0 Å². The molecular formula is C13H16Cl2N2O. The molecule has 1 fully saturated rings. The minimum absolute atomic E-state index is 0.0178. The van der Waals surface area contributed by atoms with Gasteiger partial charge in [-0.25, -0.2) is 0 Å². The molecule has 5 heteroatoms. The smallest absolute Gasteiger partial charge is 0.224 e.